The summed E-state index contributed by atoms with van der Waals surface area (Å²) < 4.78 is 26.3. The monoisotopic (exact) mass is 374 g/mol. The summed E-state index contributed by atoms with van der Waals surface area (Å²) in [6.07, 6.45) is 0.682. The number of carbonyl (C=O) groups is 1. The van der Waals surface area contributed by atoms with Gasteiger partial charge in [0, 0.05) is 18.8 Å². The lowest BCUT2D eigenvalue weighted by Crippen LogP contribution is -2.33. The Kier molecular flexibility index (Phi) is 6.56. The van der Waals surface area contributed by atoms with Crippen molar-refractivity contribution in [2.75, 3.05) is 12.4 Å². The zero-order valence-electron chi connectivity index (χ0n) is 15.6. The zero-order chi connectivity index (χ0) is 19.3. The van der Waals surface area contributed by atoms with Crippen LogP contribution in [0.3, 0.4) is 0 Å². The molecule has 26 heavy (non-hydrogen) atoms. The SMILES string of the molecule is CCC(C(=O)Nc1ccc(S(=O)(=O)N(C)C(C)C)cc1)c1ccccc1. The van der Waals surface area contributed by atoms with Crippen LogP contribution in [0.2, 0.25) is 0 Å². The van der Waals surface area contributed by atoms with Crippen LogP contribution in [0, 0.1) is 0 Å². The van der Waals surface area contributed by atoms with Crippen molar-refractivity contribution in [1.29, 1.82) is 0 Å². The number of anilines is 1. The third-order valence-electron chi connectivity index (χ3n) is 4.45. The Morgan fingerprint density at radius 3 is 2.12 bits per heavy atom. The van der Waals surface area contributed by atoms with Gasteiger partial charge in [-0.25, -0.2) is 8.42 Å². The molecule has 0 bridgehead atoms. The first-order valence-corrected chi connectivity index (χ1v) is 10.1. The smallest absolute Gasteiger partial charge is 0.243 e. The number of nitrogens with one attached hydrogen (secondary N) is 1. The first kappa shape index (κ1) is 20.1. The van der Waals surface area contributed by atoms with E-state index in [0.717, 1.165) is 5.56 Å². The Labute approximate surface area is 156 Å². The predicted octanol–water partition coefficient (Wildman–Crippen LogP) is 3.85. The molecule has 2 aromatic rings. The van der Waals surface area contributed by atoms with Crippen LogP contribution in [0.5, 0.6) is 0 Å². The number of hydrogen-bond donors (Lipinski definition) is 1. The maximum absolute atomic E-state index is 12.6. The van der Waals surface area contributed by atoms with E-state index in [1.165, 1.54) is 16.4 Å². The molecule has 6 heteroatoms. The van der Waals surface area contributed by atoms with Gasteiger partial charge in [-0.2, -0.15) is 4.31 Å². The number of rotatable bonds is 7. The van der Waals surface area contributed by atoms with Crippen LogP contribution in [0.15, 0.2) is 59.5 Å². The molecule has 0 fully saturated rings. The number of amides is 1. The van der Waals surface area contributed by atoms with E-state index in [4.69, 9.17) is 0 Å². The number of sulfonamides is 1. The minimum absolute atomic E-state index is 0.103. The fraction of sp³-hybridized carbons (Fsp3) is 0.350. The van der Waals surface area contributed by atoms with Crippen LogP contribution in [0.4, 0.5) is 5.69 Å². The molecule has 2 rings (SSSR count). The predicted molar refractivity (Wildman–Crippen MR) is 105 cm³/mol. The second kappa shape index (κ2) is 8.47. The maximum Gasteiger partial charge on any atom is 0.243 e. The van der Waals surface area contributed by atoms with E-state index in [1.807, 2.05) is 51.1 Å². The van der Waals surface area contributed by atoms with Gasteiger partial charge in [0.25, 0.3) is 0 Å². The summed E-state index contributed by atoms with van der Waals surface area (Å²) >= 11 is 0. The molecule has 2 aromatic carbocycles. The molecule has 0 saturated carbocycles. The molecule has 0 spiro atoms. The molecule has 1 amide bonds. The Balaban J connectivity index is 2.15. The van der Waals surface area contributed by atoms with Crippen molar-refractivity contribution in [2.24, 2.45) is 0 Å². The molecule has 0 aliphatic rings. The van der Waals surface area contributed by atoms with Crippen LogP contribution in [0.25, 0.3) is 0 Å². The second-order valence-corrected chi connectivity index (χ2v) is 8.50. The minimum Gasteiger partial charge on any atom is -0.326 e. The topological polar surface area (TPSA) is 66.5 Å². The molecule has 0 aliphatic heterocycles. The largest absolute Gasteiger partial charge is 0.326 e. The highest BCUT2D eigenvalue weighted by molar-refractivity contribution is 7.89. The van der Waals surface area contributed by atoms with E-state index < -0.39 is 10.0 Å². The quantitative estimate of drug-likeness (QED) is 0.800. The van der Waals surface area contributed by atoms with Crippen molar-refractivity contribution in [1.82, 2.24) is 4.31 Å². The summed E-state index contributed by atoms with van der Waals surface area (Å²) in [6.45, 7) is 5.61. The summed E-state index contributed by atoms with van der Waals surface area (Å²) in [5, 5.41) is 2.87. The Hall–Kier alpha value is -2.18. The number of hydrogen-bond acceptors (Lipinski definition) is 3. The van der Waals surface area contributed by atoms with E-state index in [1.54, 1.807) is 19.2 Å². The van der Waals surface area contributed by atoms with Crippen molar-refractivity contribution < 1.29 is 13.2 Å². The Morgan fingerprint density at radius 1 is 1.04 bits per heavy atom. The average molecular weight is 375 g/mol. The van der Waals surface area contributed by atoms with Crippen LogP contribution in [0.1, 0.15) is 38.7 Å². The number of nitrogens with zero attached hydrogens (tertiary/aromatic N) is 1. The van der Waals surface area contributed by atoms with E-state index in [0.29, 0.717) is 12.1 Å². The first-order chi connectivity index (χ1) is 12.3. The van der Waals surface area contributed by atoms with Gasteiger partial charge in [0.15, 0.2) is 0 Å². The van der Waals surface area contributed by atoms with Gasteiger partial charge in [0.2, 0.25) is 15.9 Å². The average Bonchev–Trinajstić information content (AvgIpc) is 2.63. The molecule has 1 atom stereocenters. The van der Waals surface area contributed by atoms with Gasteiger partial charge in [-0.05, 0) is 50.1 Å². The van der Waals surface area contributed by atoms with Gasteiger partial charge in [-0.1, -0.05) is 37.3 Å². The van der Waals surface area contributed by atoms with Crippen molar-refractivity contribution in [3.63, 3.8) is 0 Å². The Bertz CT molecular complexity index is 831. The molecule has 1 unspecified atom stereocenters. The number of benzene rings is 2. The fourth-order valence-electron chi connectivity index (χ4n) is 2.64. The molecule has 1 N–H and O–H groups in total. The van der Waals surface area contributed by atoms with Crippen LogP contribution in [-0.2, 0) is 14.8 Å². The molecule has 140 valence electrons. The van der Waals surface area contributed by atoms with Crippen LogP contribution in [-0.4, -0.2) is 31.7 Å². The molecule has 0 aromatic heterocycles. The van der Waals surface area contributed by atoms with Crippen molar-refractivity contribution in [2.45, 2.75) is 44.0 Å². The Morgan fingerprint density at radius 2 is 1.62 bits per heavy atom. The second-order valence-electron chi connectivity index (χ2n) is 6.50. The lowest BCUT2D eigenvalue weighted by Gasteiger charge is -2.21. The molecule has 0 heterocycles. The normalized spacial score (nSPS) is 13.0. The standard InChI is InChI=1S/C20H26N2O3S/c1-5-19(16-9-7-6-8-10-16)20(23)21-17-11-13-18(14-12-17)26(24,25)22(4)15(2)3/h6-15,19H,5H2,1-4H3,(H,21,23). The van der Waals surface area contributed by atoms with Gasteiger partial charge >= 0.3 is 0 Å². The molecule has 0 saturated heterocycles. The lowest BCUT2D eigenvalue weighted by atomic mass is 9.95. The third kappa shape index (κ3) is 4.51. The third-order valence-corrected chi connectivity index (χ3v) is 6.50. The molecule has 5 nitrogen and oxygen atoms in total. The van der Waals surface area contributed by atoms with E-state index in [2.05, 4.69) is 5.32 Å². The zero-order valence-corrected chi connectivity index (χ0v) is 16.5. The van der Waals surface area contributed by atoms with Gasteiger partial charge in [-0.3, -0.25) is 4.79 Å². The summed E-state index contributed by atoms with van der Waals surface area (Å²) in [5.41, 5.74) is 1.54. The van der Waals surface area contributed by atoms with Crippen molar-refractivity contribution >= 4 is 21.6 Å². The van der Waals surface area contributed by atoms with Gasteiger partial charge < -0.3 is 5.32 Å². The molecule has 0 radical (unpaired) electrons. The minimum atomic E-state index is -3.53. The van der Waals surface area contributed by atoms with Gasteiger partial charge in [0.1, 0.15) is 0 Å². The summed E-state index contributed by atoms with van der Waals surface area (Å²) in [7, 11) is -1.97. The van der Waals surface area contributed by atoms with Crippen LogP contribution < -0.4 is 5.32 Å². The lowest BCUT2D eigenvalue weighted by molar-refractivity contribution is -0.117. The highest BCUT2D eigenvalue weighted by Gasteiger charge is 2.23. The van der Waals surface area contributed by atoms with E-state index in [-0.39, 0.29) is 22.8 Å². The molecule has 0 aliphatic carbocycles. The van der Waals surface area contributed by atoms with Crippen molar-refractivity contribution in [3.05, 3.63) is 60.2 Å². The van der Waals surface area contributed by atoms with Gasteiger partial charge in [0.05, 0.1) is 10.8 Å². The highest BCUT2D eigenvalue weighted by atomic mass is 32.2. The molecular weight excluding hydrogens is 348 g/mol. The summed E-state index contributed by atoms with van der Waals surface area (Å²) in [6, 6.07) is 15.8. The number of carbonyl (C=O) groups excluding carboxylic acids is 1. The van der Waals surface area contributed by atoms with Gasteiger partial charge in [-0.15, -0.1) is 0 Å². The first-order valence-electron chi connectivity index (χ1n) is 8.71. The highest BCUT2D eigenvalue weighted by Crippen LogP contribution is 2.23. The van der Waals surface area contributed by atoms with E-state index >= 15 is 0 Å². The summed E-state index contributed by atoms with van der Waals surface area (Å²) in [5.74, 6) is -0.347. The fourth-order valence-corrected chi connectivity index (χ4v) is 4.01. The maximum atomic E-state index is 12.6. The molecular formula is C20H26N2O3S. The summed E-state index contributed by atoms with van der Waals surface area (Å²) in [4.78, 5) is 12.8. The van der Waals surface area contributed by atoms with Crippen LogP contribution >= 0.6 is 0 Å². The van der Waals surface area contributed by atoms with E-state index in [9.17, 15) is 13.2 Å². The van der Waals surface area contributed by atoms with Crippen molar-refractivity contribution in [3.8, 4) is 0 Å².